The summed E-state index contributed by atoms with van der Waals surface area (Å²) in [6.07, 6.45) is 1.71. The van der Waals surface area contributed by atoms with Crippen LogP contribution in [0.1, 0.15) is 12.5 Å². The number of aliphatic imine (C=N–C) groups is 1. The summed E-state index contributed by atoms with van der Waals surface area (Å²) in [6.45, 7) is 7.75. The summed E-state index contributed by atoms with van der Waals surface area (Å²) < 4.78 is 1.08. The molecule has 0 aromatic heterocycles. The SMILES string of the molecule is CCN1CCN(c2ccc(N=Cc3cc(I)ccc3O)cc2)CC1. The van der Waals surface area contributed by atoms with Crippen molar-refractivity contribution in [1.82, 2.24) is 4.90 Å². The summed E-state index contributed by atoms with van der Waals surface area (Å²) >= 11 is 2.23. The van der Waals surface area contributed by atoms with Crippen LogP contribution < -0.4 is 4.90 Å². The summed E-state index contributed by atoms with van der Waals surface area (Å²) in [7, 11) is 0. The van der Waals surface area contributed by atoms with E-state index in [1.165, 1.54) is 5.69 Å². The second-order valence-electron chi connectivity index (χ2n) is 5.90. The van der Waals surface area contributed by atoms with Crippen LogP contribution in [0.5, 0.6) is 5.75 Å². The minimum atomic E-state index is 0.254. The number of piperazine rings is 1. The summed E-state index contributed by atoms with van der Waals surface area (Å²) in [6, 6.07) is 13.8. The van der Waals surface area contributed by atoms with Gasteiger partial charge in [0.05, 0.1) is 5.69 Å². The summed E-state index contributed by atoms with van der Waals surface area (Å²) in [5.74, 6) is 0.254. The maximum atomic E-state index is 9.86. The van der Waals surface area contributed by atoms with Gasteiger partial charge in [0.25, 0.3) is 0 Å². The molecule has 0 amide bonds. The third kappa shape index (κ3) is 4.27. The molecule has 126 valence electrons. The zero-order valence-corrected chi connectivity index (χ0v) is 16.0. The van der Waals surface area contributed by atoms with Crippen LogP contribution in [0.25, 0.3) is 0 Å². The van der Waals surface area contributed by atoms with Gasteiger partial charge in [0, 0.05) is 47.2 Å². The number of rotatable bonds is 4. The molecule has 0 atom stereocenters. The number of likely N-dealkylation sites (N-methyl/N-ethyl adjacent to an activating group) is 1. The quantitative estimate of drug-likeness (QED) is 0.585. The van der Waals surface area contributed by atoms with Crippen LogP contribution in [0.2, 0.25) is 0 Å². The van der Waals surface area contributed by atoms with Crippen molar-refractivity contribution in [2.45, 2.75) is 6.92 Å². The van der Waals surface area contributed by atoms with Gasteiger partial charge in [-0.15, -0.1) is 0 Å². The van der Waals surface area contributed by atoms with Crippen LogP contribution in [-0.4, -0.2) is 48.9 Å². The Morgan fingerprint density at radius 1 is 1.08 bits per heavy atom. The number of benzene rings is 2. The van der Waals surface area contributed by atoms with E-state index in [4.69, 9.17) is 0 Å². The molecule has 2 aromatic rings. The second-order valence-corrected chi connectivity index (χ2v) is 7.14. The van der Waals surface area contributed by atoms with E-state index in [1.807, 2.05) is 24.3 Å². The Kier molecular flexibility index (Phi) is 5.73. The number of anilines is 1. The first-order valence-corrected chi connectivity index (χ1v) is 9.33. The third-order valence-electron chi connectivity index (χ3n) is 4.38. The van der Waals surface area contributed by atoms with E-state index in [0.29, 0.717) is 0 Å². The number of hydrogen-bond acceptors (Lipinski definition) is 4. The van der Waals surface area contributed by atoms with Crippen LogP contribution >= 0.6 is 22.6 Å². The Labute approximate surface area is 157 Å². The molecule has 0 saturated carbocycles. The molecule has 24 heavy (non-hydrogen) atoms. The lowest BCUT2D eigenvalue weighted by atomic mass is 10.2. The van der Waals surface area contributed by atoms with Crippen LogP contribution in [0.3, 0.4) is 0 Å². The van der Waals surface area contributed by atoms with E-state index in [0.717, 1.165) is 47.5 Å². The van der Waals surface area contributed by atoms with Gasteiger partial charge in [-0.2, -0.15) is 0 Å². The summed E-state index contributed by atoms with van der Waals surface area (Å²) in [4.78, 5) is 9.37. The van der Waals surface area contributed by atoms with E-state index in [9.17, 15) is 5.11 Å². The van der Waals surface area contributed by atoms with Gasteiger partial charge < -0.3 is 14.9 Å². The van der Waals surface area contributed by atoms with Gasteiger partial charge >= 0.3 is 0 Å². The molecule has 0 unspecified atom stereocenters. The average Bonchev–Trinajstić information content (AvgIpc) is 2.63. The van der Waals surface area contributed by atoms with Crippen molar-refractivity contribution in [2.24, 2.45) is 4.99 Å². The van der Waals surface area contributed by atoms with Gasteiger partial charge in [-0.25, -0.2) is 0 Å². The number of nitrogens with zero attached hydrogens (tertiary/aromatic N) is 3. The van der Waals surface area contributed by atoms with E-state index in [-0.39, 0.29) is 5.75 Å². The Bertz CT molecular complexity index is 707. The molecule has 0 spiro atoms. The maximum absolute atomic E-state index is 9.86. The number of phenolic OH excluding ortho intramolecular Hbond substituents is 1. The second kappa shape index (κ2) is 7.98. The number of aromatic hydroxyl groups is 1. The average molecular weight is 435 g/mol. The predicted octanol–water partition coefficient (Wildman–Crippen LogP) is 3.89. The molecule has 1 saturated heterocycles. The number of phenols is 1. The molecule has 1 aliphatic heterocycles. The van der Waals surface area contributed by atoms with Crippen molar-refractivity contribution in [3.05, 3.63) is 51.6 Å². The first-order valence-electron chi connectivity index (χ1n) is 8.25. The fourth-order valence-corrected chi connectivity index (χ4v) is 3.36. The molecule has 1 aliphatic rings. The smallest absolute Gasteiger partial charge is 0.124 e. The monoisotopic (exact) mass is 435 g/mol. The van der Waals surface area contributed by atoms with Crippen LogP contribution in [0.4, 0.5) is 11.4 Å². The van der Waals surface area contributed by atoms with Gasteiger partial charge in [-0.3, -0.25) is 4.99 Å². The highest BCUT2D eigenvalue weighted by Gasteiger charge is 2.15. The minimum absolute atomic E-state index is 0.254. The maximum Gasteiger partial charge on any atom is 0.124 e. The summed E-state index contributed by atoms with van der Waals surface area (Å²) in [5, 5.41) is 9.86. The standard InChI is InChI=1S/C19H22IN3O/c1-2-22-9-11-23(12-10-22)18-6-4-17(5-7-18)21-14-15-13-16(20)3-8-19(15)24/h3-8,13-14,24H,2,9-12H2,1H3. The normalized spacial score (nSPS) is 16.0. The fraction of sp³-hybridized carbons (Fsp3) is 0.316. The summed E-state index contributed by atoms with van der Waals surface area (Å²) in [5.41, 5.74) is 2.88. The molecule has 1 heterocycles. The van der Waals surface area contributed by atoms with Gasteiger partial charge in [0.15, 0.2) is 0 Å². The zero-order chi connectivity index (χ0) is 16.9. The van der Waals surface area contributed by atoms with E-state index in [1.54, 1.807) is 12.3 Å². The van der Waals surface area contributed by atoms with Crippen LogP contribution in [0, 0.1) is 3.57 Å². The largest absolute Gasteiger partial charge is 0.507 e. The van der Waals surface area contributed by atoms with Gasteiger partial charge in [-0.05, 0) is 71.6 Å². The van der Waals surface area contributed by atoms with Gasteiger partial charge in [0.2, 0.25) is 0 Å². The minimum Gasteiger partial charge on any atom is -0.507 e. The van der Waals surface area contributed by atoms with Crippen molar-refractivity contribution in [3.63, 3.8) is 0 Å². The topological polar surface area (TPSA) is 39.1 Å². The third-order valence-corrected chi connectivity index (χ3v) is 5.05. The Morgan fingerprint density at radius 3 is 2.46 bits per heavy atom. The van der Waals surface area contributed by atoms with Crippen molar-refractivity contribution in [3.8, 4) is 5.75 Å². The number of halogens is 1. The predicted molar refractivity (Wildman–Crippen MR) is 109 cm³/mol. The lowest BCUT2D eigenvalue weighted by Crippen LogP contribution is -2.46. The van der Waals surface area contributed by atoms with Crippen LogP contribution in [-0.2, 0) is 0 Å². The Morgan fingerprint density at radius 2 is 1.79 bits per heavy atom. The van der Waals surface area contributed by atoms with Gasteiger partial charge in [0.1, 0.15) is 5.75 Å². The molecule has 3 rings (SSSR count). The molecule has 2 aromatic carbocycles. The Balaban J connectivity index is 1.66. The van der Waals surface area contributed by atoms with Crippen molar-refractivity contribution in [1.29, 1.82) is 0 Å². The first-order chi connectivity index (χ1) is 11.7. The van der Waals surface area contributed by atoms with E-state index < -0.39 is 0 Å². The lowest BCUT2D eigenvalue weighted by Gasteiger charge is -2.35. The molecule has 4 nitrogen and oxygen atoms in total. The fourth-order valence-electron chi connectivity index (χ4n) is 2.84. The highest BCUT2D eigenvalue weighted by molar-refractivity contribution is 14.1. The van der Waals surface area contributed by atoms with Gasteiger partial charge in [-0.1, -0.05) is 6.92 Å². The molecular weight excluding hydrogens is 413 g/mol. The molecular formula is C19H22IN3O. The van der Waals surface area contributed by atoms with Crippen molar-refractivity contribution < 1.29 is 5.11 Å². The molecule has 0 aliphatic carbocycles. The van der Waals surface area contributed by atoms with E-state index in [2.05, 4.69) is 56.4 Å². The molecule has 1 fully saturated rings. The highest BCUT2D eigenvalue weighted by atomic mass is 127. The van der Waals surface area contributed by atoms with Crippen molar-refractivity contribution in [2.75, 3.05) is 37.6 Å². The van der Waals surface area contributed by atoms with Crippen molar-refractivity contribution >= 4 is 40.2 Å². The first kappa shape index (κ1) is 17.2. The highest BCUT2D eigenvalue weighted by Crippen LogP contribution is 2.22. The molecule has 5 heteroatoms. The molecule has 1 N–H and O–H groups in total. The lowest BCUT2D eigenvalue weighted by molar-refractivity contribution is 0.271. The number of hydrogen-bond donors (Lipinski definition) is 1. The molecule has 0 radical (unpaired) electrons. The van der Waals surface area contributed by atoms with E-state index >= 15 is 0 Å². The zero-order valence-electron chi connectivity index (χ0n) is 13.8. The Hall–Kier alpha value is -1.60. The molecule has 0 bridgehead atoms. The van der Waals surface area contributed by atoms with Crippen LogP contribution in [0.15, 0.2) is 47.5 Å².